The van der Waals surface area contributed by atoms with E-state index in [-0.39, 0.29) is 11.8 Å². The van der Waals surface area contributed by atoms with Crippen LogP contribution in [0.15, 0.2) is 67.0 Å². The molecule has 1 amide bonds. The van der Waals surface area contributed by atoms with Crippen LogP contribution in [-0.4, -0.2) is 15.9 Å². The fraction of sp³-hybridized carbons (Fsp3) is 0.227. The van der Waals surface area contributed by atoms with Crippen LogP contribution in [0.1, 0.15) is 26.7 Å². The first kappa shape index (κ1) is 18.6. The van der Waals surface area contributed by atoms with Crippen molar-refractivity contribution in [3.05, 3.63) is 67.0 Å². The molecule has 0 spiro atoms. The molecule has 3 aromatic rings. The summed E-state index contributed by atoms with van der Waals surface area (Å²) >= 11 is 0. The highest BCUT2D eigenvalue weighted by Gasteiger charge is 2.13. The average molecular weight is 360 g/mol. The SMILES string of the molecule is CCC(CC)C(=O)Nc1ccc(Nc2cc(-c3ccccc3)ncn2)cc1. The van der Waals surface area contributed by atoms with Crippen molar-refractivity contribution in [3.63, 3.8) is 0 Å². The molecule has 2 N–H and O–H groups in total. The monoisotopic (exact) mass is 360 g/mol. The van der Waals surface area contributed by atoms with Crippen LogP contribution in [0.4, 0.5) is 17.2 Å². The van der Waals surface area contributed by atoms with Gasteiger partial charge < -0.3 is 10.6 Å². The van der Waals surface area contributed by atoms with Crippen molar-refractivity contribution in [3.8, 4) is 11.3 Å². The Kier molecular flexibility index (Phi) is 6.15. The molecule has 0 aliphatic carbocycles. The van der Waals surface area contributed by atoms with Crippen LogP contribution in [0.3, 0.4) is 0 Å². The predicted molar refractivity (Wildman–Crippen MR) is 110 cm³/mol. The van der Waals surface area contributed by atoms with Gasteiger partial charge in [-0.1, -0.05) is 44.2 Å². The molecule has 27 heavy (non-hydrogen) atoms. The number of rotatable bonds is 7. The van der Waals surface area contributed by atoms with Gasteiger partial charge in [0, 0.05) is 28.9 Å². The van der Waals surface area contributed by atoms with Crippen molar-refractivity contribution in [1.82, 2.24) is 9.97 Å². The molecular weight excluding hydrogens is 336 g/mol. The molecule has 2 aromatic carbocycles. The Bertz CT molecular complexity index is 874. The Balaban J connectivity index is 1.67. The predicted octanol–water partition coefficient (Wildman–Crippen LogP) is 5.26. The van der Waals surface area contributed by atoms with Crippen molar-refractivity contribution >= 4 is 23.1 Å². The van der Waals surface area contributed by atoms with E-state index in [0.717, 1.165) is 41.3 Å². The molecule has 5 heteroatoms. The first-order valence-corrected chi connectivity index (χ1v) is 9.25. The maximum absolute atomic E-state index is 12.2. The lowest BCUT2D eigenvalue weighted by atomic mass is 10.0. The van der Waals surface area contributed by atoms with Crippen LogP contribution in [0.5, 0.6) is 0 Å². The minimum Gasteiger partial charge on any atom is -0.340 e. The van der Waals surface area contributed by atoms with Gasteiger partial charge in [0.2, 0.25) is 5.91 Å². The van der Waals surface area contributed by atoms with Crippen LogP contribution in [-0.2, 0) is 4.79 Å². The van der Waals surface area contributed by atoms with E-state index >= 15 is 0 Å². The third kappa shape index (κ3) is 4.91. The van der Waals surface area contributed by atoms with E-state index in [4.69, 9.17) is 0 Å². The summed E-state index contributed by atoms with van der Waals surface area (Å²) in [6.45, 7) is 4.07. The molecule has 0 atom stereocenters. The van der Waals surface area contributed by atoms with Crippen LogP contribution in [0.25, 0.3) is 11.3 Å². The number of nitrogens with zero attached hydrogens (tertiary/aromatic N) is 2. The van der Waals surface area contributed by atoms with Gasteiger partial charge in [-0.2, -0.15) is 0 Å². The zero-order valence-corrected chi connectivity index (χ0v) is 15.6. The molecule has 5 nitrogen and oxygen atoms in total. The number of amides is 1. The number of aromatic nitrogens is 2. The summed E-state index contributed by atoms with van der Waals surface area (Å²) in [5.41, 5.74) is 3.60. The third-order valence-electron chi connectivity index (χ3n) is 4.52. The maximum Gasteiger partial charge on any atom is 0.227 e. The van der Waals surface area contributed by atoms with Gasteiger partial charge in [0.15, 0.2) is 0 Å². The van der Waals surface area contributed by atoms with Crippen molar-refractivity contribution in [2.24, 2.45) is 5.92 Å². The van der Waals surface area contributed by atoms with E-state index in [9.17, 15) is 4.79 Å². The van der Waals surface area contributed by atoms with Crippen LogP contribution >= 0.6 is 0 Å². The summed E-state index contributed by atoms with van der Waals surface area (Å²) in [5, 5.41) is 6.25. The molecule has 0 saturated heterocycles. The lowest BCUT2D eigenvalue weighted by Gasteiger charge is -2.13. The Morgan fingerprint density at radius 2 is 1.59 bits per heavy atom. The summed E-state index contributed by atoms with van der Waals surface area (Å²) in [7, 11) is 0. The number of anilines is 3. The van der Waals surface area contributed by atoms with Gasteiger partial charge in [0.25, 0.3) is 0 Å². The highest BCUT2D eigenvalue weighted by atomic mass is 16.1. The van der Waals surface area contributed by atoms with E-state index in [2.05, 4.69) is 20.6 Å². The summed E-state index contributed by atoms with van der Waals surface area (Å²) in [6.07, 6.45) is 3.24. The number of hydrogen-bond donors (Lipinski definition) is 2. The summed E-state index contributed by atoms with van der Waals surface area (Å²) < 4.78 is 0. The molecule has 0 unspecified atom stereocenters. The Hall–Kier alpha value is -3.21. The molecule has 0 bridgehead atoms. The van der Waals surface area contributed by atoms with Gasteiger partial charge in [-0.05, 0) is 37.1 Å². The summed E-state index contributed by atoms with van der Waals surface area (Å²) in [5.74, 6) is 0.849. The fourth-order valence-corrected chi connectivity index (χ4v) is 2.88. The number of carbonyl (C=O) groups is 1. The number of carbonyl (C=O) groups excluding carboxylic acids is 1. The molecule has 0 fully saturated rings. The smallest absolute Gasteiger partial charge is 0.227 e. The second-order valence-corrected chi connectivity index (χ2v) is 6.36. The van der Waals surface area contributed by atoms with Crippen LogP contribution in [0, 0.1) is 5.92 Å². The Morgan fingerprint density at radius 1 is 0.926 bits per heavy atom. The Morgan fingerprint density at radius 3 is 2.26 bits per heavy atom. The quantitative estimate of drug-likeness (QED) is 0.603. The second kappa shape index (κ2) is 8.94. The number of benzene rings is 2. The number of hydrogen-bond acceptors (Lipinski definition) is 4. The standard InChI is InChI=1S/C22H24N4O/c1-3-16(4-2)22(27)26-19-12-10-18(11-13-19)25-21-14-20(23-15-24-21)17-8-6-5-7-9-17/h5-16H,3-4H2,1-2H3,(H,26,27)(H,23,24,25). The highest BCUT2D eigenvalue weighted by Crippen LogP contribution is 2.22. The molecule has 0 saturated carbocycles. The van der Waals surface area contributed by atoms with Crippen molar-refractivity contribution < 1.29 is 4.79 Å². The topological polar surface area (TPSA) is 66.9 Å². The molecular formula is C22H24N4O. The van der Waals surface area contributed by atoms with Gasteiger partial charge in [0.05, 0.1) is 5.69 Å². The molecule has 0 radical (unpaired) electrons. The van der Waals surface area contributed by atoms with E-state index in [0.29, 0.717) is 0 Å². The van der Waals surface area contributed by atoms with E-state index in [1.54, 1.807) is 6.33 Å². The van der Waals surface area contributed by atoms with E-state index in [1.807, 2.05) is 74.5 Å². The lowest BCUT2D eigenvalue weighted by Crippen LogP contribution is -2.21. The van der Waals surface area contributed by atoms with Crippen molar-refractivity contribution in [2.45, 2.75) is 26.7 Å². The lowest BCUT2D eigenvalue weighted by molar-refractivity contribution is -0.120. The van der Waals surface area contributed by atoms with Gasteiger partial charge in [-0.25, -0.2) is 9.97 Å². The molecule has 138 valence electrons. The zero-order chi connectivity index (χ0) is 19.1. The van der Waals surface area contributed by atoms with Crippen molar-refractivity contribution in [1.29, 1.82) is 0 Å². The Labute approximate surface area is 159 Å². The van der Waals surface area contributed by atoms with Crippen LogP contribution < -0.4 is 10.6 Å². The molecule has 1 heterocycles. The van der Waals surface area contributed by atoms with E-state index in [1.165, 1.54) is 0 Å². The number of nitrogens with one attached hydrogen (secondary N) is 2. The molecule has 0 aliphatic rings. The average Bonchev–Trinajstić information content (AvgIpc) is 2.71. The normalized spacial score (nSPS) is 10.6. The summed E-state index contributed by atoms with van der Waals surface area (Å²) in [6, 6.07) is 19.5. The van der Waals surface area contributed by atoms with Gasteiger partial charge in [-0.3, -0.25) is 4.79 Å². The fourth-order valence-electron chi connectivity index (χ4n) is 2.88. The maximum atomic E-state index is 12.2. The van der Waals surface area contributed by atoms with Gasteiger partial charge in [-0.15, -0.1) is 0 Å². The third-order valence-corrected chi connectivity index (χ3v) is 4.52. The molecule has 1 aromatic heterocycles. The first-order valence-electron chi connectivity index (χ1n) is 9.25. The summed E-state index contributed by atoms with van der Waals surface area (Å²) in [4.78, 5) is 20.8. The van der Waals surface area contributed by atoms with Gasteiger partial charge >= 0.3 is 0 Å². The van der Waals surface area contributed by atoms with Crippen molar-refractivity contribution in [2.75, 3.05) is 10.6 Å². The van der Waals surface area contributed by atoms with Gasteiger partial charge in [0.1, 0.15) is 12.1 Å². The second-order valence-electron chi connectivity index (χ2n) is 6.36. The first-order chi connectivity index (χ1) is 13.2. The van der Waals surface area contributed by atoms with Crippen LogP contribution in [0.2, 0.25) is 0 Å². The molecule has 0 aliphatic heterocycles. The minimum atomic E-state index is 0.0558. The molecule has 3 rings (SSSR count). The largest absolute Gasteiger partial charge is 0.340 e. The minimum absolute atomic E-state index is 0.0558. The van der Waals surface area contributed by atoms with E-state index < -0.39 is 0 Å². The zero-order valence-electron chi connectivity index (χ0n) is 15.6. The highest BCUT2D eigenvalue weighted by molar-refractivity contribution is 5.92.